The van der Waals surface area contributed by atoms with E-state index in [2.05, 4.69) is 17.1 Å². The summed E-state index contributed by atoms with van der Waals surface area (Å²) < 4.78 is 0. The summed E-state index contributed by atoms with van der Waals surface area (Å²) in [4.78, 5) is 14.5. The fraction of sp³-hybridized carbons (Fsp3) is 0.933. The molecule has 0 aromatic rings. The van der Waals surface area contributed by atoms with Gasteiger partial charge in [0.15, 0.2) is 0 Å². The zero-order chi connectivity index (χ0) is 13.0. The Kier molecular flexibility index (Phi) is 4.66. The number of carbonyl (C=O) groups excluding carboxylic acids is 1. The molecule has 0 aromatic carbocycles. The Hall–Kier alpha value is -0.570. The fourth-order valence-electron chi connectivity index (χ4n) is 3.29. The first-order chi connectivity index (χ1) is 8.67. The Morgan fingerprint density at radius 2 is 1.78 bits per heavy atom. The summed E-state index contributed by atoms with van der Waals surface area (Å²) in [6, 6.07) is -0.0108. The average Bonchev–Trinajstić information content (AvgIpc) is 2.61. The first-order valence-corrected chi connectivity index (χ1v) is 7.73. The Balaban J connectivity index is 1.87. The van der Waals surface area contributed by atoms with E-state index in [1.165, 1.54) is 44.9 Å². The molecule has 3 heteroatoms. The summed E-state index contributed by atoms with van der Waals surface area (Å²) in [5.41, 5.74) is 0.265. The second-order valence-electron chi connectivity index (χ2n) is 6.09. The molecule has 2 aliphatic rings. The van der Waals surface area contributed by atoms with Crippen LogP contribution in [0.4, 0.5) is 0 Å². The van der Waals surface area contributed by atoms with E-state index in [-0.39, 0.29) is 11.6 Å². The predicted molar refractivity (Wildman–Crippen MR) is 74.5 cm³/mol. The van der Waals surface area contributed by atoms with Crippen molar-refractivity contribution in [1.29, 1.82) is 0 Å². The average molecular weight is 252 g/mol. The molecular weight excluding hydrogens is 224 g/mol. The SMILES string of the molecule is CCC1(NC(C)C(=O)N2CCCCCC2)CCC1. The Morgan fingerprint density at radius 1 is 1.17 bits per heavy atom. The van der Waals surface area contributed by atoms with E-state index in [1.807, 2.05) is 6.92 Å². The highest BCUT2D eigenvalue weighted by atomic mass is 16.2. The maximum atomic E-state index is 12.4. The predicted octanol–water partition coefficient (Wildman–Crippen LogP) is 2.70. The minimum atomic E-state index is -0.0108. The van der Waals surface area contributed by atoms with Crippen molar-refractivity contribution in [3.05, 3.63) is 0 Å². The maximum Gasteiger partial charge on any atom is 0.239 e. The second kappa shape index (κ2) is 6.05. The van der Waals surface area contributed by atoms with Crippen LogP contribution in [0.2, 0.25) is 0 Å². The van der Waals surface area contributed by atoms with Crippen LogP contribution in [-0.4, -0.2) is 35.5 Å². The van der Waals surface area contributed by atoms with Gasteiger partial charge in [0.25, 0.3) is 0 Å². The third-order valence-corrected chi connectivity index (χ3v) is 4.80. The van der Waals surface area contributed by atoms with E-state index in [0.717, 1.165) is 19.5 Å². The summed E-state index contributed by atoms with van der Waals surface area (Å²) in [7, 11) is 0. The highest BCUT2D eigenvalue weighted by Crippen LogP contribution is 2.35. The maximum absolute atomic E-state index is 12.4. The summed E-state index contributed by atoms with van der Waals surface area (Å²) in [6.45, 7) is 6.20. The number of hydrogen-bond donors (Lipinski definition) is 1. The Labute approximate surface area is 111 Å². The van der Waals surface area contributed by atoms with E-state index < -0.39 is 0 Å². The molecule has 1 amide bonds. The van der Waals surface area contributed by atoms with Gasteiger partial charge in [-0.2, -0.15) is 0 Å². The van der Waals surface area contributed by atoms with Crippen molar-refractivity contribution < 1.29 is 4.79 Å². The summed E-state index contributed by atoms with van der Waals surface area (Å²) >= 11 is 0. The van der Waals surface area contributed by atoms with Crippen molar-refractivity contribution in [1.82, 2.24) is 10.2 Å². The van der Waals surface area contributed by atoms with Crippen molar-refractivity contribution in [3.63, 3.8) is 0 Å². The molecule has 1 saturated heterocycles. The molecule has 1 unspecified atom stereocenters. The molecule has 0 aromatic heterocycles. The van der Waals surface area contributed by atoms with Crippen molar-refractivity contribution in [2.24, 2.45) is 0 Å². The molecule has 1 N–H and O–H groups in total. The molecule has 0 radical (unpaired) electrons. The van der Waals surface area contributed by atoms with Crippen LogP contribution in [0, 0.1) is 0 Å². The molecule has 0 spiro atoms. The lowest BCUT2D eigenvalue weighted by molar-refractivity contribution is -0.134. The minimum Gasteiger partial charge on any atom is -0.341 e. The molecule has 3 nitrogen and oxygen atoms in total. The molecular formula is C15H28N2O. The summed E-state index contributed by atoms with van der Waals surface area (Å²) in [6.07, 6.45) is 9.85. The molecule has 104 valence electrons. The van der Waals surface area contributed by atoms with Gasteiger partial charge >= 0.3 is 0 Å². The van der Waals surface area contributed by atoms with Crippen LogP contribution < -0.4 is 5.32 Å². The van der Waals surface area contributed by atoms with Gasteiger partial charge in [-0.15, -0.1) is 0 Å². The van der Waals surface area contributed by atoms with Crippen LogP contribution in [0.15, 0.2) is 0 Å². The molecule has 1 aliphatic heterocycles. The number of rotatable bonds is 4. The van der Waals surface area contributed by atoms with E-state index in [4.69, 9.17) is 0 Å². The van der Waals surface area contributed by atoms with Crippen LogP contribution in [0.3, 0.4) is 0 Å². The van der Waals surface area contributed by atoms with Gasteiger partial charge in [-0.1, -0.05) is 19.8 Å². The third kappa shape index (κ3) is 3.05. The lowest BCUT2D eigenvalue weighted by Gasteiger charge is -2.44. The van der Waals surface area contributed by atoms with Crippen LogP contribution in [0.1, 0.15) is 65.2 Å². The lowest BCUT2D eigenvalue weighted by Crippen LogP contribution is -2.58. The highest BCUT2D eigenvalue weighted by Gasteiger charge is 2.37. The Bertz CT molecular complexity index is 273. The minimum absolute atomic E-state index is 0.0108. The third-order valence-electron chi connectivity index (χ3n) is 4.80. The summed E-state index contributed by atoms with van der Waals surface area (Å²) in [5.74, 6) is 0.316. The number of likely N-dealkylation sites (tertiary alicyclic amines) is 1. The van der Waals surface area contributed by atoms with Gasteiger partial charge in [0, 0.05) is 18.6 Å². The van der Waals surface area contributed by atoms with Gasteiger partial charge in [-0.3, -0.25) is 4.79 Å². The second-order valence-corrected chi connectivity index (χ2v) is 6.09. The van der Waals surface area contributed by atoms with Crippen molar-refractivity contribution in [2.75, 3.05) is 13.1 Å². The quantitative estimate of drug-likeness (QED) is 0.834. The first kappa shape index (κ1) is 13.9. The first-order valence-electron chi connectivity index (χ1n) is 7.73. The summed E-state index contributed by atoms with van der Waals surface area (Å²) in [5, 5.41) is 3.61. The molecule has 0 bridgehead atoms. The number of amides is 1. The van der Waals surface area contributed by atoms with Gasteiger partial charge in [-0.25, -0.2) is 0 Å². The van der Waals surface area contributed by atoms with E-state index in [1.54, 1.807) is 0 Å². The lowest BCUT2D eigenvalue weighted by atomic mass is 9.74. The smallest absolute Gasteiger partial charge is 0.239 e. The molecule has 1 atom stereocenters. The molecule has 18 heavy (non-hydrogen) atoms. The highest BCUT2D eigenvalue weighted by molar-refractivity contribution is 5.81. The fourth-order valence-corrected chi connectivity index (χ4v) is 3.29. The Morgan fingerprint density at radius 3 is 2.22 bits per heavy atom. The molecule has 1 heterocycles. The van der Waals surface area contributed by atoms with Gasteiger partial charge < -0.3 is 10.2 Å². The van der Waals surface area contributed by atoms with Gasteiger partial charge in [0.1, 0.15) is 0 Å². The van der Waals surface area contributed by atoms with Crippen molar-refractivity contribution >= 4 is 5.91 Å². The molecule has 1 saturated carbocycles. The van der Waals surface area contributed by atoms with Crippen LogP contribution >= 0.6 is 0 Å². The van der Waals surface area contributed by atoms with Gasteiger partial charge in [0.2, 0.25) is 5.91 Å². The van der Waals surface area contributed by atoms with E-state index in [0.29, 0.717) is 5.91 Å². The van der Waals surface area contributed by atoms with Crippen molar-refractivity contribution in [2.45, 2.75) is 76.8 Å². The largest absolute Gasteiger partial charge is 0.341 e. The number of hydrogen-bond acceptors (Lipinski definition) is 2. The number of carbonyl (C=O) groups is 1. The van der Waals surface area contributed by atoms with E-state index >= 15 is 0 Å². The standard InChI is InChI=1S/C15H28N2O/c1-3-15(9-8-10-15)16-13(2)14(18)17-11-6-4-5-7-12-17/h13,16H,3-12H2,1-2H3. The molecule has 2 rings (SSSR count). The zero-order valence-corrected chi connectivity index (χ0v) is 12.0. The molecule has 2 fully saturated rings. The van der Waals surface area contributed by atoms with Crippen LogP contribution in [0.25, 0.3) is 0 Å². The zero-order valence-electron chi connectivity index (χ0n) is 12.0. The number of nitrogens with zero attached hydrogens (tertiary/aromatic N) is 1. The molecule has 1 aliphatic carbocycles. The monoisotopic (exact) mass is 252 g/mol. The van der Waals surface area contributed by atoms with Crippen LogP contribution in [-0.2, 0) is 4.79 Å². The van der Waals surface area contributed by atoms with Gasteiger partial charge in [-0.05, 0) is 45.4 Å². The van der Waals surface area contributed by atoms with E-state index in [9.17, 15) is 4.79 Å². The van der Waals surface area contributed by atoms with Crippen molar-refractivity contribution in [3.8, 4) is 0 Å². The van der Waals surface area contributed by atoms with Crippen LogP contribution in [0.5, 0.6) is 0 Å². The topological polar surface area (TPSA) is 32.3 Å². The number of nitrogens with one attached hydrogen (secondary N) is 1. The normalized spacial score (nSPS) is 25.1. The van der Waals surface area contributed by atoms with Gasteiger partial charge in [0.05, 0.1) is 6.04 Å².